The fourth-order valence-electron chi connectivity index (χ4n) is 2.40. The van der Waals surface area contributed by atoms with Crippen molar-refractivity contribution in [2.45, 2.75) is 0 Å². The van der Waals surface area contributed by atoms with Gasteiger partial charge in [0, 0.05) is 19.2 Å². The van der Waals surface area contributed by atoms with E-state index in [1.54, 1.807) is 18.2 Å². The molecule has 0 aliphatic carbocycles. The Kier molecular flexibility index (Phi) is 4.54. The molecule has 0 amide bonds. The van der Waals surface area contributed by atoms with Crippen LogP contribution in [0, 0.1) is 0 Å². The Morgan fingerprint density at radius 2 is 1.67 bits per heavy atom. The number of hydrogen-bond acceptors (Lipinski definition) is 7. The van der Waals surface area contributed by atoms with E-state index in [-0.39, 0.29) is 29.1 Å². The predicted molar refractivity (Wildman–Crippen MR) is 90.8 cm³/mol. The molecule has 126 valence electrons. The minimum atomic E-state index is -0.234. The summed E-state index contributed by atoms with van der Waals surface area (Å²) in [6.45, 7) is 1.27. The van der Waals surface area contributed by atoms with Crippen LogP contribution in [0.25, 0.3) is 21.9 Å². The van der Waals surface area contributed by atoms with Crippen LogP contribution in [0.1, 0.15) is 0 Å². The number of hydrogen-bond donors (Lipinski definition) is 3. The summed E-state index contributed by atoms with van der Waals surface area (Å²) in [4.78, 5) is 12.7. The summed E-state index contributed by atoms with van der Waals surface area (Å²) in [7, 11) is 0. The van der Waals surface area contributed by atoms with Crippen molar-refractivity contribution in [1.82, 2.24) is 0 Å². The van der Waals surface area contributed by atoms with E-state index in [9.17, 15) is 9.90 Å². The highest BCUT2D eigenvalue weighted by atomic mass is 16.5. The zero-order chi connectivity index (χ0) is 17.1. The van der Waals surface area contributed by atoms with Crippen LogP contribution in [-0.4, -0.2) is 31.4 Å². The van der Waals surface area contributed by atoms with Gasteiger partial charge in [-0.15, -0.1) is 0 Å². The third-order valence-corrected chi connectivity index (χ3v) is 3.48. The van der Waals surface area contributed by atoms with Crippen LogP contribution in [0.5, 0.6) is 17.2 Å². The molecule has 0 bridgehead atoms. The lowest BCUT2D eigenvalue weighted by atomic mass is 10.1. The molecule has 24 heavy (non-hydrogen) atoms. The lowest BCUT2D eigenvalue weighted by Crippen LogP contribution is -2.11. The smallest absolute Gasteiger partial charge is 0.200 e. The lowest BCUT2D eigenvalue weighted by Gasteiger charge is -2.09. The van der Waals surface area contributed by atoms with E-state index in [1.807, 2.05) is 0 Å². The molecule has 3 aromatic rings. The van der Waals surface area contributed by atoms with Crippen molar-refractivity contribution in [2.24, 2.45) is 11.5 Å². The van der Waals surface area contributed by atoms with Gasteiger partial charge in [-0.3, -0.25) is 4.79 Å². The summed E-state index contributed by atoms with van der Waals surface area (Å²) >= 11 is 0. The molecule has 1 aromatic heterocycles. The molecule has 0 saturated carbocycles. The summed E-state index contributed by atoms with van der Waals surface area (Å²) in [5.41, 5.74) is 11.3. The van der Waals surface area contributed by atoms with E-state index in [4.69, 9.17) is 25.4 Å². The van der Waals surface area contributed by atoms with Crippen molar-refractivity contribution in [1.29, 1.82) is 0 Å². The molecule has 5 N–H and O–H groups in total. The van der Waals surface area contributed by atoms with Gasteiger partial charge in [-0.25, -0.2) is 0 Å². The van der Waals surface area contributed by atoms with E-state index in [1.165, 1.54) is 12.1 Å². The molecule has 0 saturated heterocycles. The van der Waals surface area contributed by atoms with Gasteiger partial charge in [0.15, 0.2) is 11.5 Å². The van der Waals surface area contributed by atoms with Gasteiger partial charge in [-0.05, 0) is 24.3 Å². The topological polar surface area (TPSA) is 121 Å². The van der Waals surface area contributed by atoms with Gasteiger partial charge in [0.25, 0.3) is 0 Å². The summed E-state index contributed by atoms with van der Waals surface area (Å²) in [6, 6.07) is 7.78. The van der Waals surface area contributed by atoms with Gasteiger partial charge in [0.2, 0.25) is 5.43 Å². The van der Waals surface area contributed by atoms with Gasteiger partial charge >= 0.3 is 0 Å². The van der Waals surface area contributed by atoms with Crippen LogP contribution in [0.3, 0.4) is 0 Å². The Morgan fingerprint density at radius 1 is 0.958 bits per heavy atom. The molecule has 7 heteroatoms. The molecule has 0 radical (unpaired) electrons. The summed E-state index contributed by atoms with van der Waals surface area (Å²) in [5.74, 6) is 0.620. The first-order valence-electron chi connectivity index (χ1n) is 7.53. The molecular formula is C17H18N2O5. The van der Waals surface area contributed by atoms with Crippen molar-refractivity contribution in [3.05, 3.63) is 40.6 Å². The molecule has 2 aromatic carbocycles. The number of aromatic hydroxyl groups is 1. The Balaban J connectivity index is 2.16. The Labute approximate surface area is 137 Å². The predicted octanol–water partition coefficient (Wildman–Crippen LogP) is 1.33. The fourth-order valence-corrected chi connectivity index (χ4v) is 2.40. The normalized spacial score (nSPS) is 11.1. The average Bonchev–Trinajstić information content (AvgIpc) is 2.59. The van der Waals surface area contributed by atoms with Gasteiger partial charge < -0.3 is 30.5 Å². The molecule has 0 atom stereocenters. The zero-order valence-electron chi connectivity index (χ0n) is 13.0. The van der Waals surface area contributed by atoms with Crippen LogP contribution in [0.15, 0.2) is 39.5 Å². The maximum absolute atomic E-state index is 12.7. The van der Waals surface area contributed by atoms with Gasteiger partial charge in [0.1, 0.15) is 30.1 Å². The standard InChI is InChI=1S/C17H18N2O5/c18-3-5-22-10-1-2-14-11(7-10)17(21)12-8-16(23-6-4-19)13(20)9-15(12)24-14/h1-2,7-9,20H,3-6,18-19H2. The highest BCUT2D eigenvalue weighted by molar-refractivity contribution is 5.91. The summed E-state index contributed by atoms with van der Waals surface area (Å²) < 4.78 is 16.5. The molecule has 0 spiro atoms. The first kappa shape index (κ1) is 16.1. The highest BCUT2D eigenvalue weighted by Crippen LogP contribution is 2.32. The number of benzene rings is 2. The van der Waals surface area contributed by atoms with Crippen molar-refractivity contribution < 1.29 is 19.0 Å². The van der Waals surface area contributed by atoms with Crippen molar-refractivity contribution in [3.63, 3.8) is 0 Å². The number of nitrogens with two attached hydrogens (primary N) is 2. The number of phenolic OH excluding ortho intramolecular Hbond substituents is 1. The second-order valence-corrected chi connectivity index (χ2v) is 5.18. The molecule has 7 nitrogen and oxygen atoms in total. The van der Waals surface area contributed by atoms with E-state index in [0.717, 1.165) is 0 Å². The number of fused-ring (bicyclic) bond motifs is 2. The van der Waals surface area contributed by atoms with E-state index in [0.29, 0.717) is 41.8 Å². The second kappa shape index (κ2) is 6.77. The SMILES string of the molecule is NCCOc1ccc2oc3cc(O)c(OCCN)cc3c(=O)c2c1. The minimum Gasteiger partial charge on any atom is -0.504 e. The number of ether oxygens (including phenoxy) is 2. The maximum atomic E-state index is 12.7. The fraction of sp³-hybridized carbons (Fsp3) is 0.235. The average molecular weight is 330 g/mol. The largest absolute Gasteiger partial charge is 0.504 e. The molecule has 0 fully saturated rings. The van der Waals surface area contributed by atoms with Crippen molar-refractivity contribution >= 4 is 21.9 Å². The summed E-state index contributed by atoms with van der Waals surface area (Å²) in [5, 5.41) is 10.7. The third kappa shape index (κ3) is 2.99. The van der Waals surface area contributed by atoms with Gasteiger partial charge in [-0.2, -0.15) is 0 Å². The van der Waals surface area contributed by atoms with Crippen LogP contribution < -0.4 is 26.4 Å². The van der Waals surface area contributed by atoms with Gasteiger partial charge in [-0.1, -0.05) is 0 Å². The molecule has 0 unspecified atom stereocenters. The van der Waals surface area contributed by atoms with Crippen LogP contribution in [0.2, 0.25) is 0 Å². The van der Waals surface area contributed by atoms with Crippen LogP contribution in [0.4, 0.5) is 0 Å². The number of phenols is 1. The Hall–Kier alpha value is -2.77. The number of rotatable bonds is 6. The molecule has 3 rings (SSSR count). The highest BCUT2D eigenvalue weighted by Gasteiger charge is 2.13. The van der Waals surface area contributed by atoms with Crippen LogP contribution >= 0.6 is 0 Å². The van der Waals surface area contributed by atoms with Gasteiger partial charge in [0.05, 0.1) is 10.8 Å². The molecule has 0 aliphatic rings. The minimum absolute atomic E-state index is 0.110. The van der Waals surface area contributed by atoms with E-state index >= 15 is 0 Å². The van der Waals surface area contributed by atoms with Crippen molar-refractivity contribution in [3.8, 4) is 17.2 Å². The van der Waals surface area contributed by atoms with Crippen molar-refractivity contribution in [2.75, 3.05) is 26.3 Å². The molecule has 0 aliphatic heterocycles. The first-order chi connectivity index (χ1) is 11.6. The Morgan fingerprint density at radius 3 is 2.42 bits per heavy atom. The monoisotopic (exact) mass is 330 g/mol. The quantitative estimate of drug-likeness (QED) is 0.583. The molecule has 1 heterocycles. The van der Waals surface area contributed by atoms with E-state index < -0.39 is 0 Å². The second-order valence-electron chi connectivity index (χ2n) is 5.18. The molecular weight excluding hydrogens is 312 g/mol. The third-order valence-electron chi connectivity index (χ3n) is 3.48. The first-order valence-corrected chi connectivity index (χ1v) is 7.53. The summed E-state index contributed by atoms with van der Waals surface area (Å²) in [6.07, 6.45) is 0. The van der Waals surface area contributed by atoms with E-state index in [2.05, 4.69) is 0 Å². The lowest BCUT2D eigenvalue weighted by molar-refractivity contribution is 0.309. The zero-order valence-corrected chi connectivity index (χ0v) is 13.0. The maximum Gasteiger partial charge on any atom is 0.200 e. The van der Waals surface area contributed by atoms with Crippen LogP contribution in [-0.2, 0) is 0 Å². The Bertz CT molecular complexity index is 936.